The first-order valence-electron chi connectivity index (χ1n) is 8.70. The standard InChI is InChI=1S/C17H33NO2/c1-13-7-3-6-10-17(13)20-12-16(19)11-18-14(2)15-8-4-5-9-15/h13-19H,3-12H2,1-2H3/t13?,14-,16?,17?/m0/s1. The summed E-state index contributed by atoms with van der Waals surface area (Å²) >= 11 is 0. The minimum atomic E-state index is -0.368. The summed E-state index contributed by atoms with van der Waals surface area (Å²) in [6.45, 7) is 5.68. The molecule has 3 heteroatoms. The molecule has 0 heterocycles. The fourth-order valence-corrected chi connectivity index (χ4v) is 3.77. The maximum atomic E-state index is 10.1. The fourth-order valence-electron chi connectivity index (χ4n) is 3.77. The summed E-state index contributed by atoms with van der Waals surface area (Å²) in [5, 5.41) is 13.6. The van der Waals surface area contributed by atoms with E-state index in [2.05, 4.69) is 19.2 Å². The summed E-state index contributed by atoms with van der Waals surface area (Å²) in [7, 11) is 0. The Bertz CT molecular complexity index is 266. The molecule has 0 aromatic carbocycles. The van der Waals surface area contributed by atoms with Crippen LogP contribution in [0.1, 0.15) is 65.2 Å². The van der Waals surface area contributed by atoms with Crippen molar-refractivity contribution in [1.29, 1.82) is 0 Å². The van der Waals surface area contributed by atoms with Gasteiger partial charge in [-0.05, 0) is 44.4 Å². The summed E-state index contributed by atoms with van der Waals surface area (Å²) in [6, 6.07) is 0.528. The van der Waals surface area contributed by atoms with Crippen molar-refractivity contribution >= 4 is 0 Å². The van der Waals surface area contributed by atoms with Crippen molar-refractivity contribution < 1.29 is 9.84 Å². The lowest BCUT2D eigenvalue weighted by Crippen LogP contribution is -2.40. The summed E-state index contributed by atoms with van der Waals surface area (Å²) < 4.78 is 5.92. The molecule has 0 amide bonds. The van der Waals surface area contributed by atoms with Crippen molar-refractivity contribution in [2.45, 2.75) is 83.5 Å². The average molecular weight is 283 g/mol. The number of aliphatic hydroxyl groups excluding tert-OH is 1. The highest BCUT2D eigenvalue weighted by molar-refractivity contribution is 4.78. The first-order valence-corrected chi connectivity index (χ1v) is 8.70. The zero-order valence-electron chi connectivity index (χ0n) is 13.3. The van der Waals surface area contributed by atoms with E-state index in [0.717, 1.165) is 5.92 Å². The van der Waals surface area contributed by atoms with Gasteiger partial charge in [-0.3, -0.25) is 0 Å². The number of hydrogen-bond donors (Lipinski definition) is 2. The molecule has 4 atom stereocenters. The third-order valence-corrected chi connectivity index (χ3v) is 5.32. The molecule has 0 aromatic heterocycles. The normalized spacial score (nSPS) is 31.4. The highest BCUT2D eigenvalue weighted by Crippen LogP contribution is 2.28. The minimum Gasteiger partial charge on any atom is -0.389 e. The highest BCUT2D eigenvalue weighted by atomic mass is 16.5. The van der Waals surface area contributed by atoms with E-state index < -0.39 is 0 Å². The second-order valence-electron chi connectivity index (χ2n) is 7.03. The number of hydrogen-bond acceptors (Lipinski definition) is 3. The van der Waals surface area contributed by atoms with E-state index in [-0.39, 0.29) is 6.10 Å². The molecule has 0 saturated heterocycles. The minimum absolute atomic E-state index is 0.366. The Morgan fingerprint density at radius 2 is 1.75 bits per heavy atom. The maximum Gasteiger partial charge on any atom is 0.0897 e. The summed E-state index contributed by atoms with van der Waals surface area (Å²) in [5.74, 6) is 1.46. The van der Waals surface area contributed by atoms with Crippen LogP contribution in [-0.2, 0) is 4.74 Å². The van der Waals surface area contributed by atoms with Crippen molar-refractivity contribution in [3.05, 3.63) is 0 Å². The zero-order valence-corrected chi connectivity index (χ0v) is 13.3. The highest BCUT2D eigenvalue weighted by Gasteiger charge is 2.24. The first kappa shape index (κ1) is 16.3. The Kier molecular flexibility index (Phi) is 6.79. The van der Waals surface area contributed by atoms with Gasteiger partial charge in [-0.15, -0.1) is 0 Å². The van der Waals surface area contributed by atoms with Gasteiger partial charge in [0.25, 0.3) is 0 Å². The van der Waals surface area contributed by atoms with E-state index in [9.17, 15) is 5.11 Å². The van der Waals surface area contributed by atoms with Gasteiger partial charge >= 0.3 is 0 Å². The largest absolute Gasteiger partial charge is 0.389 e. The molecule has 118 valence electrons. The van der Waals surface area contributed by atoms with Gasteiger partial charge in [-0.2, -0.15) is 0 Å². The molecule has 2 rings (SSSR count). The molecule has 0 bridgehead atoms. The second kappa shape index (κ2) is 8.35. The maximum absolute atomic E-state index is 10.1. The van der Waals surface area contributed by atoms with Crippen molar-refractivity contribution in [3.63, 3.8) is 0 Å². The molecule has 2 aliphatic carbocycles. The van der Waals surface area contributed by atoms with Crippen molar-refractivity contribution in [3.8, 4) is 0 Å². The predicted octanol–water partition coefficient (Wildman–Crippen LogP) is 3.11. The van der Waals surface area contributed by atoms with Crippen LogP contribution in [0.3, 0.4) is 0 Å². The van der Waals surface area contributed by atoms with Gasteiger partial charge < -0.3 is 15.2 Å². The van der Waals surface area contributed by atoms with E-state index in [1.165, 1.54) is 51.4 Å². The smallest absolute Gasteiger partial charge is 0.0897 e. The third-order valence-electron chi connectivity index (χ3n) is 5.32. The predicted molar refractivity (Wildman–Crippen MR) is 82.8 cm³/mol. The van der Waals surface area contributed by atoms with Crippen LogP contribution in [0.25, 0.3) is 0 Å². The van der Waals surface area contributed by atoms with E-state index in [1.807, 2.05) is 0 Å². The molecule has 0 spiro atoms. The Morgan fingerprint density at radius 3 is 2.45 bits per heavy atom. The van der Waals surface area contributed by atoms with Crippen LogP contribution in [0.4, 0.5) is 0 Å². The van der Waals surface area contributed by atoms with Crippen molar-refractivity contribution in [1.82, 2.24) is 5.32 Å². The van der Waals surface area contributed by atoms with Gasteiger partial charge in [0, 0.05) is 12.6 Å². The number of ether oxygens (including phenoxy) is 1. The summed E-state index contributed by atoms with van der Waals surface area (Å²) in [4.78, 5) is 0. The van der Waals surface area contributed by atoms with Crippen LogP contribution < -0.4 is 5.32 Å². The van der Waals surface area contributed by atoms with E-state index in [0.29, 0.717) is 31.2 Å². The molecule has 2 saturated carbocycles. The van der Waals surface area contributed by atoms with Gasteiger partial charge in [0.2, 0.25) is 0 Å². The quantitative estimate of drug-likeness (QED) is 0.754. The van der Waals surface area contributed by atoms with Gasteiger partial charge in [-0.1, -0.05) is 32.6 Å². The van der Waals surface area contributed by atoms with E-state index in [1.54, 1.807) is 0 Å². The van der Waals surface area contributed by atoms with Crippen LogP contribution in [0.2, 0.25) is 0 Å². The van der Waals surface area contributed by atoms with Gasteiger partial charge in [0.15, 0.2) is 0 Å². The van der Waals surface area contributed by atoms with Crippen molar-refractivity contribution in [2.75, 3.05) is 13.2 Å². The molecular formula is C17H33NO2. The second-order valence-corrected chi connectivity index (χ2v) is 7.03. The Labute approximate surface area is 124 Å². The SMILES string of the molecule is CC1CCCCC1OCC(O)CN[C@@H](C)C1CCCC1. The summed E-state index contributed by atoms with van der Waals surface area (Å²) in [5.41, 5.74) is 0. The number of rotatable bonds is 7. The lowest BCUT2D eigenvalue weighted by Gasteiger charge is -2.30. The lowest BCUT2D eigenvalue weighted by molar-refractivity contribution is -0.0458. The molecule has 3 unspecified atom stereocenters. The van der Waals surface area contributed by atoms with Crippen molar-refractivity contribution in [2.24, 2.45) is 11.8 Å². The Morgan fingerprint density at radius 1 is 1.10 bits per heavy atom. The molecule has 0 radical (unpaired) electrons. The zero-order chi connectivity index (χ0) is 14.4. The molecule has 2 fully saturated rings. The average Bonchev–Trinajstić information content (AvgIpc) is 2.98. The van der Waals surface area contributed by atoms with Crippen LogP contribution in [0.15, 0.2) is 0 Å². The Hall–Kier alpha value is -0.120. The fraction of sp³-hybridized carbons (Fsp3) is 1.00. The Balaban J connectivity index is 1.58. The molecule has 20 heavy (non-hydrogen) atoms. The molecular weight excluding hydrogens is 250 g/mol. The first-order chi connectivity index (χ1) is 9.66. The monoisotopic (exact) mass is 283 g/mol. The molecule has 2 N–H and O–H groups in total. The number of nitrogens with one attached hydrogen (secondary N) is 1. The molecule has 2 aliphatic rings. The van der Waals surface area contributed by atoms with E-state index >= 15 is 0 Å². The van der Waals surface area contributed by atoms with Crippen LogP contribution in [-0.4, -0.2) is 36.5 Å². The van der Waals surface area contributed by atoms with Gasteiger partial charge in [0.05, 0.1) is 18.8 Å². The van der Waals surface area contributed by atoms with Gasteiger partial charge in [-0.25, -0.2) is 0 Å². The third kappa shape index (κ3) is 5.01. The molecule has 0 aliphatic heterocycles. The number of aliphatic hydroxyl groups is 1. The lowest BCUT2D eigenvalue weighted by atomic mass is 9.88. The van der Waals surface area contributed by atoms with Gasteiger partial charge in [0.1, 0.15) is 0 Å². The molecule has 0 aromatic rings. The summed E-state index contributed by atoms with van der Waals surface area (Å²) in [6.07, 6.45) is 10.5. The van der Waals surface area contributed by atoms with E-state index in [4.69, 9.17) is 4.74 Å². The molecule has 3 nitrogen and oxygen atoms in total. The van der Waals surface area contributed by atoms with Crippen LogP contribution in [0.5, 0.6) is 0 Å². The van der Waals surface area contributed by atoms with Crippen LogP contribution in [0, 0.1) is 11.8 Å². The van der Waals surface area contributed by atoms with Crippen LogP contribution >= 0.6 is 0 Å². The topological polar surface area (TPSA) is 41.5 Å².